The smallest absolute Gasteiger partial charge is 0.339 e. The van der Waals surface area contributed by atoms with Gasteiger partial charge in [-0.1, -0.05) is 6.07 Å². The number of rotatable bonds is 4. The number of aromatic nitrogens is 1. The molecular weight excluding hydrogens is 296 g/mol. The van der Waals surface area contributed by atoms with Crippen molar-refractivity contribution in [2.75, 3.05) is 19.5 Å². The zero-order valence-electron chi connectivity index (χ0n) is 13.9. The first-order valence-corrected chi connectivity index (χ1v) is 7.12. The Balaban J connectivity index is 2.36. The second kappa shape index (κ2) is 6.56. The Morgan fingerprint density at radius 3 is 2.43 bits per heavy atom. The summed E-state index contributed by atoms with van der Waals surface area (Å²) in [6.45, 7) is 5.36. The molecule has 0 fully saturated rings. The van der Waals surface area contributed by atoms with Crippen LogP contribution in [0.15, 0.2) is 18.2 Å². The number of carbonyl (C=O) groups is 2. The van der Waals surface area contributed by atoms with Crippen LogP contribution in [0.5, 0.6) is 5.75 Å². The van der Waals surface area contributed by atoms with Crippen LogP contribution in [-0.2, 0) is 4.74 Å². The summed E-state index contributed by atoms with van der Waals surface area (Å²) in [5.74, 6) is -0.244. The predicted octanol–water partition coefficient (Wildman–Crippen LogP) is 2.99. The molecule has 0 unspecified atom stereocenters. The summed E-state index contributed by atoms with van der Waals surface area (Å²) < 4.78 is 10.0. The van der Waals surface area contributed by atoms with Crippen molar-refractivity contribution in [1.29, 1.82) is 0 Å². The number of carbonyl (C=O) groups excluding carboxylic acids is 2. The molecule has 6 heteroatoms. The van der Waals surface area contributed by atoms with Crippen molar-refractivity contribution in [3.8, 4) is 5.75 Å². The summed E-state index contributed by atoms with van der Waals surface area (Å²) in [5.41, 5.74) is 3.43. The van der Waals surface area contributed by atoms with Crippen molar-refractivity contribution >= 4 is 17.6 Å². The van der Waals surface area contributed by atoms with Crippen molar-refractivity contribution in [2.24, 2.45) is 0 Å². The minimum absolute atomic E-state index is 0.325. The fourth-order valence-corrected chi connectivity index (χ4v) is 2.49. The van der Waals surface area contributed by atoms with Gasteiger partial charge in [-0.2, -0.15) is 0 Å². The van der Waals surface area contributed by atoms with E-state index in [-0.39, 0.29) is 5.91 Å². The highest BCUT2D eigenvalue weighted by Gasteiger charge is 2.23. The van der Waals surface area contributed by atoms with Crippen LogP contribution in [-0.4, -0.2) is 31.1 Å². The van der Waals surface area contributed by atoms with Crippen LogP contribution in [0.3, 0.4) is 0 Å². The van der Waals surface area contributed by atoms with Gasteiger partial charge in [-0.15, -0.1) is 0 Å². The molecule has 0 aliphatic rings. The number of nitrogens with one attached hydrogen (secondary N) is 2. The number of esters is 1. The van der Waals surface area contributed by atoms with Gasteiger partial charge >= 0.3 is 5.97 Å². The highest BCUT2D eigenvalue weighted by atomic mass is 16.5. The number of amides is 1. The second-order valence-electron chi connectivity index (χ2n) is 5.27. The van der Waals surface area contributed by atoms with Crippen molar-refractivity contribution < 1.29 is 19.1 Å². The Hall–Kier alpha value is -2.76. The summed E-state index contributed by atoms with van der Waals surface area (Å²) in [7, 11) is 2.85. The minimum atomic E-state index is -0.469. The molecule has 0 aliphatic carbocycles. The predicted molar refractivity (Wildman–Crippen MR) is 87.3 cm³/mol. The third kappa shape index (κ3) is 3.21. The molecule has 2 rings (SSSR count). The maximum atomic E-state index is 12.5. The third-order valence-corrected chi connectivity index (χ3v) is 3.66. The van der Waals surface area contributed by atoms with E-state index < -0.39 is 5.97 Å². The Morgan fingerprint density at radius 1 is 1.13 bits per heavy atom. The zero-order valence-corrected chi connectivity index (χ0v) is 13.9. The van der Waals surface area contributed by atoms with Crippen LogP contribution >= 0.6 is 0 Å². The van der Waals surface area contributed by atoms with E-state index in [1.165, 1.54) is 7.11 Å². The number of aromatic amines is 1. The van der Waals surface area contributed by atoms with Crippen molar-refractivity contribution in [3.05, 3.63) is 46.3 Å². The molecule has 0 bridgehead atoms. The van der Waals surface area contributed by atoms with Gasteiger partial charge < -0.3 is 19.8 Å². The lowest BCUT2D eigenvalue weighted by Crippen LogP contribution is -2.15. The molecule has 1 amide bonds. The number of hydrogen-bond donors (Lipinski definition) is 2. The number of methoxy groups -OCH3 is 2. The Kier molecular flexibility index (Phi) is 4.74. The monoisotopic (exact) mass is 316 g/mol. The van der Waals surface area contributed by atoms with Crippen molar-refractivity contribution in [3.63, 3.8) is 0 Å². The maximum Gasteiger partial charge on any atom is 0.339 e. The first-order valence-electron chi connectivity index (χ1n) is 7.12. The SMILES string of the molecule is COC(=O)c1c(C)[nH]c(C(=O)Nc2cc(C)ccc2OC)c1C. The average molecular weight is 316 g/mol. The fraction of sp³-hybridized carbons (Fsp3) is 0.294. The fourth-order valence-electron chi connectivity index (χ4n) is 2.49. The molecule has 0 saturated heterocycles. The topological polar surface area (TPSA) is 80.4 Å². The van der Waals surface area contributed by atoms with E-state index in [0.717, 1.165) is 5.56 Å². The summed E-state index contributed by atoms with van der Waals surface area (Å²) in [4.78, 5) is 27.3. The Morgan fingerprint density at radius 2 is 1.83 bits per heavy atom. The standard InChI is InChI=1S/C17H20N2O4/c1-9-6-7-13(22-4)12(8-9)19-16(20)15-10(2)14(11(3)18-15)17(21)23-5/h6-8,18H,1-5H3,(H,19,20). The van der Waals surface area contributed by atoms with Crippen molar-refractivity contribution in [1.82, 2.24) is 4.98 Å². The molecule has 0 saturated carbocycles. The highest BCUT2D eigenvalue weighted by Crippen LogP contribution is 2.27. The van der Waals surface area contributed by atoms with Crippen LogP contribution < -0.4 is 10.1 Å². The van der Waals surface area contributed by atoms with E-state index in [4.69, 9.17) is 9.47 Å². The number of hydrogen-bond acceptors (Lipinski definition) is 4. The van der Waals surface area contributed by atoms with Crippen molar-refractivity contribution in [2.45, 2.75) is 20.8 Å². The van der Waals surface area contributed by atoms with Crippen LogP contribution in [0.1, 0.15) is 37.7 Å². The molecular formula is C17H20N2O4. The van der Waals surface area contributed by atoms with Gasteiger partial charge in [0.1, 0.15) is 11.4 Å². The van der Waals surface area contributed by atoms with Gasteiger partial charge in [-0.3, -0.25) is 4.79 Å². The van der Waals surface area contributed by atoms with E-state index in [9.17, 15) is 9.59 Å². The minimum Gasteiger partial charge on any atom is -0.495 e. The first kappa shape index (κ1) is 16.6. The summed E-state index contributed by atoms with van der Waals surface area (Å²) in [6.07, 6.45) is 0. The number of H-pyrrole nitrogens is 1. The number of benzene rings is 1. The molecule has 2 N–H and O–H groups in total. The molecule has 1 heterocycles. The Bertz CT molecular complexity index is 762. The van der Waals surface area contributed by atoms with Crippen LogP contribution in [0.25, 0.3) is 0 Å². The lowest BCUT2D eigenvalue weighted by atomic mass is 10.1. The molecule has 6 nitrogen and oxygen atoms in total. The third-order valence-electron chi connectivity index (χ3n) is 3.66. The number of anilines is 1. The molecule has 0 aliphatic heterocycles. The molecule has 1 aromatic heterocycles. The number of aryl methyl sites for hydroxylation is 2. The van der Waals surface area contributed by atoms with Crippen LogP contribution in [0, 0.1) is 20.8 Å². The van der Waals surface area contributed by atoms with Crippen LogP contribution in [0.2, 0.25) is 0 Å². The van der Waals surface area contributed by atoms with Gasteiger partial charge in [0, 0.05) is 5.69 Å². The lowest BCUT2D eigenvalue weighted by molar-refractivity contribution is 0.0599. The average Bonchev–Trinajstić information content (AvgIpc) is 2.82. The van der Waals surface area contributed by atoms with Gasteiger partial charge in [0.15, 0.2) is 0 Å². The Labute approximate surface area is 134 Å². The first-order chi connectivity index (χ1) is 10.9. The van der Waals surface area contributed by atoms with E-state index in [1.54, 1.807) is 27.0 Å². The van der Waals surface area contributed by atoms with E-state index in [0.29, 0.717) is 34.0 Å². The van der Waals surface area contributed by atoms with Gasteiger partial charge in [0.25, 0.3) is 5.91 Å². The molecule has 122 valence electrons. The largest absolute Gasteiger partial charge is 0.495 e. The summed E-state index contributed by atoms with van der Waals surface area (Å²) in [6, 6.07) is 5.51. The van der Waals surface area contributed by atoms with E-state index >= 15 is 0 Å². The highest BCUT2D eigenvalue weighted by molar-refractivity contribution is 6.07. The normalized spacial score (nSPS) is 10.3. The van der Waals surface area contributed by atoms with Gasteiger partial charge in [-0.25, -0.2) is 4.79 Å². The van der Waals surface area contributed by atoms with Gasteiger partial charge in [0.05, 0.1) is 25.5 Å². The summed E-state index contributed by atoms with van der Waals surface area (Å²) >= 11 is 0. The summed E-state index contributed by atoms with van der Waals surface area (Å²) in [5, 5.41) is 2.81. The van der Waals surface area contributed by atoms with E-state index in [1.807, 2.05) is 19.1 Å². The molecule has 0 spiro atoms. The molecule has 0 radical (unpaired) electrons. The quantitative estimate of drug-likeness (QED) is 0.850. The molecule has 23 heavy (non-hydrogen) atoms. The van der Waals surface area contributed by atoms with Crippen LogP contribution in [0.4, 0.5) is 5.69 Å². The van der Waals surface area contributed by atoms with Gasteiger partial charge in [-0.05, 0) is 44.0 Å². The maximum absolute atomic E-state index is 12.5. The van der Waals surface area contributed by atoms with E-state index in [2.05, 4.69) is 10.3 Å². The number of ether oxygens (including phenoxy) is 2. The second-order valence-corrected chi connectivity index (χ2v) is 5.27. The molecule has 1 aromatic carbocycles. The van der Waals surface area contributed by atoms with Gasteiger partial charge in [0.2, 0.25) is 0 Å². The molecule has 2 aromatic rings. The molecule has 0 atom stereocenters. The lowest BCUT2D eigenvalue weighted by Gasteiger charge is -2.11. The zero-order chi connectivity index (χ0) is 17.1.